The third-order valence-electron chi connectivity index (χ3n) is 1.58. The topological polar surface area (TPSA) is 121 Å². The smallest absolute Gasteiger partial charge is 0.171 e. The Morgan fingerprint density at radius 3 is 0.875 bits per heavy atom. The summed E-state index contributed by atoms with van der Waals surface area (Å²) in [6.07, 6.45) is 9.42. The van der Waals surface area contributed by atoms with Crippen LogP contribution in [0.5, 0.6) is 0 Å². The minimum atomic E-state index is -1.74. The van der Waals surface area contributed by atoms with Gasteiger partial charge in [-0.3, -0.25) is 0 Å². The van der Waals surface area contributed by atoms with Crippen LogP contribution in [0.4, 0.5) is 0 Å². The fourth-order valence-electron chi connectivity index (χ4n) is 0.283. The zero-order chi connectivity index (χ0) is 13.2. The summed E-state index contributed by atoms with van der Waals surface area (Å²) in [5.41, 5.74) is -3.47. The van der Waals surface area contributed by atoms with E-state index in [1.54, 1.807) is 0 Å². The number of rotatable bonds is 4. The van der Waals surface area contributed by atoms with Crippen LogP contribution in [-0.4, -0.2) is 68.3 Å². The van der Waals surface area contributed by atoms with Gasteiger partial charge >= 0.3 is 0 Å². The van der Waals surface area contributed by atoms with E-state index in [0.29, 0.717) is 0 Å². The molecule has 6 nitrogen and oxygen atoms in total. The molecule has 0 atom stereocenters. The highest BCUT2D eigenvalue weighted by Crippen LogP contribution is 1.97. The van der Waals surface area contributed by atoms with Crippen LogP contribution in [0.15, 0.2) is 0 Å². The van der Waals surface area contributed by atoms with E-state index in [1.165, 1.54) is 0 Å². The number of aliphatic hydroxyl groups is 6. The summed E-state index contributed by atoms with van der Waals surface area (Å²) in [5.74, 6) is 3.67. The summed E-state index contributed by atoms with van der Waals surface area (Å²) in [5, 5.41) is 50.3. The van der Waals surface area contributed by atoms with Crippen molar-refractivity contribution in [2.24, 2.45) is 0 Å². The van der Waals surface area contributed by atoms with E-state index in [0.717, 1.165) is 0 Å². The summed E-state index contributed by atoms with van der Waals surface area (Å²) in [6, 6.07) is 0. The Morgan fingerprint density at radius 1 is 0.688 bits per heavy atom. The van der Waals surface area contributed by atoms with E-state index in [2.05, 4.69) is 0 Å². The van der Waals surface area contributed by atoms with Crippen molar-refractivity contribution < 1.29 is 30.6 Å². The van der Waals surface area contributed by atoms with E-state index in [-0.39, 0.29) is 0 Å². The lowest BCUT2D eigenvalue weighted by Crippen LogP contribution is -2.35. The molecule has 0 fully saturated rings. The number of aliphatic hydroxyl groups excluding tert-OH is 4. The summed E-state index contributed by atoms with van der Waals surface area (Å²) in [7, 11) is 0. The predicted molar refractivity (Wildman–Crippen MR) is 55.9 cm³/mol. The summed E-state index contributed by atoms with van der Waals surface area (Å²) in [4.78, 5) is 0. The number of terminal acetylenes is 2. The van der Waals surface area contributed by atoms with Gasteiger partial charge in [-0.25, -0.2) is 0 Å². The molecule has 6 heteroatoms. The molecule has 0 aliphatic heterocycles. The molecule has 0 aromatic heterocycles. The second kappa shape index (κ2) is 8.08. The molecule has 0 saturated heterocycles. The molecule has 6 N–H and O–H groups in total. The standard InChI is InChI=1S/2C5H8O3/c2*1-2-5(8,3-6)4-7/h2*1,6-8H,3-4H2. The van der Waals surface area contributed by atoms with Gasteiger partial charge in [0.2, 0.25) is 0 Å². The van der Waals surface area contributed by atoms with Crippen LogP contribution < -0.4 is 0 Å². The second-order valence-corrected chi connectivity index (χ2v) is 2.98. The first-order chi connectivity index (χ1) is 7.36. The van der Waals surface area contributed by atoms with Crippen LogP contribution >= 0.6 is 0 Å². The van der Waals surface area contributed by atoms with Crippen LogP contribution in [0.1, 0.15) is 0 Å². The SMILES string of the molecule is C#CC(O)(CO)CO.C#CC(O)(CO)CO. The maximum atomic E-state index is 8.70. The van der Waals surface area contributed by atoms with Crippen molar-refractivity contribution in [1.29, 1.82) is 0 Å². The summed E-state index contributed by atoms with van der Waals surface area (Å²) >= 11 is 0. The highest BCUT2D eigenvalue weighted by Gasteiger charge is 2.20. The third kappa shape index (κ3) is 6.38. The average molecular weight is 232 g/mol. The normalized spacial score (nSPS) is 10.8. The van der Waals surface area contributed by atoms with Gasteiger partial charge in [0.05, 0.1) is 26.4 Å². The summed E-state index contributed by atoms with van der Waals surface area (Å²) < 4.78 is 0. The van der Waals surface area contributed by atoms with E-state index >= 15 is 0 Å². The molecule has 0 aliphatic carbocycles. The van der Waals surface area contributed by atoms with Crippen LogP contribution in [0.2, 0.25) is 0 Å². The van der Waals surface area contributed by atoms with Crippen molar-refractivity contribution in [1.82, 2.24) is 0 Å². The Hall–Kier alpha value is -1.12. The largest absolute Gasteiger partial charge is 0.392 e. The highest BCUT2D eigenvalue weighted by molar-refractivity contribution is 5.07. The van der Waals surface area contributed by atoms with E-state index in [4.69, 9.17) is 43.5 Å². The molecule has 0 aromatic rings. The van der Waals surface area contributed by atoms with E-state index in [1.807, 2.05) is 11.8 Å². The van der Waals surface area contributed by atoms with Crippen molar-refractivity contribution in [3.63, 3.8) is 0 Å². The Morgan fingerprint density at radius 2 is 0.875 bits per heavy atom. The van der Waals surface area contributed by atoms with Gasteiger partial charge in [0.1, 0.15) is 0 Å². The molecule has 0 unspecified atom stereocenters. The van der Waals surface area contributed by atoms with E-state index in [9.17, 15) is 0 Å². The molecule has 0 spiro atoms. The van der Waals surface area contributed by atoms with Gasteiger partial charge in [-0.1, -0.05) is 11.8 Å². The number of hydrogen-bond acceptors (Lipinski definition) is 6. The molecule has 0 amide bonds. The maximum absolute atomic E-state index is 8.70. The Bertz CT molecular complexity index is 225. The lowest BCUT2D eigenvalue weighted by molar-refractivity contribution is -0.00927. The van der Waals surface area contributed by atoms with Gasteiger partial charge in [-0.15, -0.1) is 12.8 Å². The van der Waals surface area contributed by atoms with Gasteiger partial charge in [0.15, 0.2) is 11.2 Å². The van der Waals surface area contributed by atoms with Crippen LogP contribution in [-0.2, 0) is 0 Å². The van der Waals surface area contributed by atoms with Gasteiger partial charge in [-0.2, -0.15) is 0 Å². The fraction of sp³-hybridized carbons (Fsp3) is 0.600. The Kier molecular flexibility index (Phi) is 8.73. The molecule has 0 aromatic carbocycles. The molecule has 0 bridgehead atoms. The Labute approximate surface area is 93.8 Å². The molecule has 0 rings (SSSR count). The number of hydrogen-bond donors (Lipinski definition) is 6. The van der Waals surface area contributed by atoms with Crippen molar-refractivity contribution in [2.75, 3.05) is 26.4 Å². The molecule has 0 aliphatic rings. The Balaban J connectivity index is 0. The molecule has 0 radical (unpaired) electrons. The van der Waals surface area contributed by atoms with Crippen LogP contribution in [0.25, 0.3) is 0 Å². The van der Waals surface area contributed by atoms with Gasteiger partial charge < -0.3 is 30.6 Å². The first-order valence-electron chi connectivity index (χ1n) is 4.20. The highest BCUT2D eigenvalue weighted by atomic mass is 16.4. The monoisotopic (exact) mass is 232 g/mol. The first-order valence-corrected chi connectivity index (χ1v) is 4.20. The zero-order valence-corrected chi connectivity index (χ0v) is 8.67. The van der Waals surface area contributed by atoms with Crippen LogP contribution in [0.3, 0.4) is 0 Å². The minimum absolute atomic E-state index is 0.611. The lowest BCUT2D eigenvalue weighted by atomic mass is 10.1. The molecule has 92 valence electrons. The predicted octanol–water partition coefficient (Wildman–Crippen LogP) is -3.33. The molecular formula is C10H16O6. The third-order valence-corrected chi connectivity index (χ3v) is 1.58. The van der Waals surface area contributed by atoms with Gasteiger partial charge in [-0.05, 0) is 0 Å². The van der Waals surface area contributed by atoms with Crippen molar-refractivity contribution in [3.8, 4) is 24.7 Å². The lowest BCUT2D eigenvalue weighted by Gasteiger charge is -2.13. The molecule has 0 saturated carbocycles. The quantitative estimate of drug-likeness (QED) is 0.282. The van der Waals surface area contributed by atoms with Crippen molar-refractivity contribution >= 4 is 0 Å². The minimum Gasteiger partial charge on any atom is -0.392 e. The first kappa shape index (κ1) is 17.3. The maximum Gasteiger partial charge on any atom is 0.171 e. The second-order valence-electron chi connectivity index (χ2n) is 2.98. The molecular weight excluding hydrogens is 216 g/mol. The van der Waals surface area contributed by atoms with E-state index < -0.39 is 37.6 Å². The molecule has 0 heterocycles. The van der Waals surface area contributed by atoms with Gasteiger partial charge in [0.25, 0.3) is 0 Å². The molecule has 16 heavy (non-hydrogen) atoms. The fourth-order valence-corrected chi connectivity index (χ4v) is 0.283. The average Bonchev–Trinajstić information content (AvgIpc) is 2.37. The van der Waals surface area contributed by atoms with Gasteiger partial charge in [0, 0.05) is 0 Å². The van der Waals surface area contributed by atoms with Crippen molar-refractivity contribution in [3.05, 3.63) is 0 Å². The van der Waals surface area contributed by atoms with Crippen molar-refractivity contribution in [2.45, 2.75) is 11.2 Å². The van der Waals surface area contributed by atoms with Crippen LogP contribution in [0, 0.1) is 24.7 Å². The zero-order valence-electron chi connectivity index (χ0n) is 8.67. The summed E-state index contributed by atoms with van der Waals surface area (Å²) in [6.45, 7) is -2.44.